The molecule has 1 aliphatic rings. The average Bonchev–Trinajstić information content (AvgIpc) is 2.86. The molecule has 4 heteroatoms. The van der Waals surface area contributed by atoms with Crippen LogP contribution in [0.25, 0.3) is 11.0 Å². The van der Waals surface area contributed by atoms with Crippen molar-refractivity contribution in [2.45, 2.75) is 26.8 Å². The van der Waals surface area contributed by atoms with Crippen molar-refractivity contribution in [2.75, 3.05) is 11.4 Å². The van der Waals surface area contributed by atoms with Gasteiger partial charge in [-0.25, -0.2) is 9.97 Å². The minimum atomic E-state index is 0.818. The summed E-state index contributed by atoms with van der Waals surface area (Å²) in [5.74, 6) is 1.87. The number of hydrogen-bond donors (Lipinski definition) is 1. The van der Waals surface area contributed by atoms with Crippen LogP contribution in [-0.4, -0.2) is 21.5 Å². The largest absolute Gasteiger partial charge is 0.351 e. The van der Waals surface area contributed by atoms with Gasteiger partial charge >= 0.3 is 0 Å². The molecule has 1 N–H and O–H groups in total. The quantitative estimate of drug-likeness (QED) is 0.743. The Bertz CT molecular complexity index is 819. The second-order valence-electron chi connectivity index (χ2n) is 5.75. The molecule has 3 heterocycles. The Morgan fingerprint density at radius 2 is 1.90 bits per heavy atom. The summed E-state index contributed by atoms with van der Waals surface area (Å²) < 4.78 is 0. The van der Waals surface area contributed by atoms with E-state index in [4.69, 9.17) is 4.98 Å². The van der Waals surface area contributed by atoms with Crippen LogP contribution in [0.15, 0.2) is 30.3 Å². The Morgan fingerprint density at radius 3 is 2.76 bits per heavy atom. The Hall–Kier alpha value is -2.36. The lowest BCUT2D eigenvalue weighted by atomic mass is 10.00. The average molecular weight is 278 g/mol. The van der Waals surface area contributed by atoms with E-state index in [9.17, 15) is 0 Å². The summed E-state index contributed by atoms with van der Waals surface area (Å²) in [5.41, 5.74) is 4.93. The third-order valence-corrected chi connectivity index (χ3v) is 4.14. The van der Waals surface area contributed by atoms with Crippen LogP contribution < -0.4 is 4.90 Å². The number of fused-ring (bicyclic) bond motifs is 2. The first-order valence-electron chi connectivity index (χ1n) is 7.36. The maximum absolute atomic E-state index is 4.71. The van der Waals surface area contributed by atoms with Crippen molar-refractivity contribution in [1.82, 2.24) is 15.0 Å². The SMILES string of the molecule is Cc1nc(N2CCc3ccccc3C2)c2cc(C)[nH]c2n1. The fourth-order valence-corrected chi connectivity index (χ4v) is 3.15. The molecule has 0 fully saturated rings. The van der Waals surface area contributed by atoms with Gasteiger partial charge in [-0.15, -0.1) is 0 Å². The van der Waals surface area contributed by atoms with Crippen LogP contribution in [0.5, 0.6) is 0 Å². The molecule has 0 saturated heterocycles. The normalized spacial score (nSPS) is 14.5. The van der Waals surface area contributed by atoms with E-state index in [1.165, 1.54) is 11.1 Å². The summed E-state index contributed by atoms with van der Waals surface area (Å²) in [4.78, 5) is 14.9. The zero-order valence-electron chi connectivity index (χ0n) is 12.3. The zero-order chi connectivity index (χ0) is 14.4. The zero-order valence-corrected chi connectivity index (χ0v) is 12.3. The van der Waals surface area contributed by atoms with Gasteiger partial charge in [-0.2, -0.15) is 0 Å². The van der Waals surface area contributed by atoms with E-state index in [2.05, 4.69) is 52.1 Å². The van der Waals surface area contributed by atoms with Crippen molar-refractivity contribution in [3.05, 3.63) is 53.0 Å². The summed E-state index contributed by atoms with van der Waals surface area (Å²) in [6.07, 6.45) is 1.07. The standard InChI is InChI=1S/C17H18N4/c1-11-9-15-16(18-11)19-12(2)20-17(15)21-8-7-13-5-3-4-6-14(13)10-21/h3-6,9H,7-8,10H2,1-2H3,(H,18,19,20). The minimum absolute atomic E-state index is 0.818. The number of aromatic nitrogens is 3. The topological polar surface area (TPSA) is 44.8 Å². The van der Waals surface area contributed by atoms with Gasteiger partial charge in [-0.05, 0) is 37.5 Å². The monoisotopic (exact) mass is 278 g/mol. The molecule has 21 heavy (non-hydrogen) atoms. The number of aromatic amines is 1. The van der Waals surface area contributed by atoms with Crippen LogP contribution in [0, 0.1) is 13.8 Å². The molecule has 1 aliphatic heterocycles. The Morgan fingerprint density at radius 1 is 1.10 bits per heavy atom. The van der Waals surface area contributed by atoms with Crippen LogP contribution in [0.1, 0.15) is 22.6 Å². The molecule has 2 aromatic heterocycles. The highest BCUT2D eigenvalue weighted by Crippen LogP contribution is 2.29. The molecular weight excluding hydrogens is 260 g/mol. The fourth-order valence-electron chi connectivity index (χ4n) is 3.15. The molecule has 0 radical (unpaired) electrons. The summed E-state index contributed by atoms with van der Waals surface area (Å²) in [6.45, 7) is 5.95. The van der Waals surface area contributed by atoms with Crippen molar-refractivity contribution in [1.29, 1.82) is 0 Å². The highest BCUT2D eigenvalue weighted by atomic mass is 15.2. The molecule has 0 atom stereocenters. The minimum Gasteiger partial charge on any atom is -0.351 e. The lowest BCUT2D eigenvalue weighted by Crippen LogP contribution is -2.31. The lowest BCUT2D eigenvalue weighted by Gasteiger charge is -2.30. The smallest absolute Gasteiger partial charge is 0.143 e. The third-order valence-electron chi connectivity index (χ3n) is 4.14. The molecule has 106 valence electrons. The summed E-state index contributed by atoms with van der Waals surface area (Å²) >= 11 is 0. The predicted octanol–water partition coefficient (Wildman–Crippen LogP) is 3.14. The van der Waals surface area contributed by atoms with Crippen molar-refractivity contribution in [2.24, 2.45) is 0 Å². The molecule has 0 saturated carbocycles. The van der Waals surface area contributed by atoms with E-state index >= 15 is 0 Å². The molecule has 0 aliphatic carbocycles. The van der Waals surface area contributed by atoms with Crippen molar-refractivity contribution >= 4 is 16.9 Å². The molecule has 0 spiro atoms. The van der Waals surface area contributed by atoms with Crippen LogP contribution in [-0.2, 0) is 13.0 Å². The van der Waals surface area contributed by atoms with E-state index in [-0.39, 0.29) is 0 Å². The van der Waals surface area contributed by atoms with Gasteiger partial charge < -0.3 is 9.88 Å². The maximum Gasteiger partial charge on any atom is 0.143 e. The number of nitrogens with zero attached hydrogens (tertiary/aromatic N) is 3. The molecule has 0 bridgehead atoms. The third kappa shape index (κ3) is 2.07. The van der Waals surface area contributed by atoms with Gasteiger partial charge in [-0.3, -0.25) is 0 Å². The van der Waals surface area contributed by atoms with E-state index in [1.807, 2.05) is 6.92 Å². The summed E-state index contributed by atoms with van der Waals surface area (Å²) in [7, 11) is 0. The highest BCUT2D eigenvalue weighted by molar-refractivity contribution is 5.88. The Kier molecular flexibility index (Phi) is 2.70. The Labute approximate surface area is 123 Å². The van der Waals surface area contributed by atoms with E-state index in [0.29, 0.717) is 0 Å². The molecular formula is C17H18N4. The van der Waals surface area contributed by atoms with Gasteiger partial charge in [0.05, 0.1) is 5.39 Å². The first-order valence-corrected chi connectivity index (χ1v) is 7.36. The molecule has 1 aromatic carbocycles. The number of hydrogen-bond acceptors (Lipinski definition) is 3. The molecule has 0 unspecified atom stereocenters. The summed E-state index contributed by atoms with van der Waals surface area (Å²) in [6, 6.07) is 10.8. The molecule has 4 nitrogen and oxygen atoms in total. The van der Waals surface area contributed by atoms with Crippen molar-refractivity contribution in [3.63, 3.8) is 0 Å². The number of H-pyrrole nitrogens is 1. The van der Waals surface area contributed by atoms with Crippen molar-refractivity contribution < 1.29 is 0 Å². The number of nitrogens with one attached hydrogen (secondary N) is 1. The highest BCUT2D eigenvalue weighted by Gasteiger charge is 2.20. The van der Waals surface area contributed by atoms with Gasteiger partial charge in [0, 0.05) is 18.8 Å². The molecule has 3 aromatic rings. The van der Waals surface area contributed by atoms with Crippen LogP contribution >= 0.6 is 0 Å². The van der Waals surface area contributed by atoms with Crippen LogP contribution in [0.4, 0.5) is 5.82 Å². The van der Waals surface area contributed by atoms with Gasteiger partial charge in [-0.1, -0.05) is 24.3 Å². The number of aryl methyl sites for hydroxylation is 2. The second kappa shape index (κ2) is 4.58. The first kappa shape index (κ1) is 12.4. The van der Waals surface area contributed by atoms with Gasteiger partial charge in [0.25, 0.3) is 0 Å². The summed E-state index contributed by atoms with van der Waals surface area (Å²) in [5, 5.41) is 1.12. The van der Waals surface area contributed by atoms with E-state index in [1.54, 1.807) is 0 Å². The lowest BCUT2D eigenvalue weighted by molar-refractivity contribution is 0.721. The van der Waals surface area contributed by atoms with Crippen LogP contribution in [0.3, 0.4) is 0 Å². The fraction of sp³-hybridized carbons (Fsp3) is 0.294. The number of rotatable bonds is 1. The molecule has 0 amide bonds. The van der Waals surface area contributed by atoms with Gasteiger partial charge in [0.15, 0.2) is 0 Å². The number of anilines is 1. The van der Waals surface area contributed by atoms with E-state index in [0.717, 1.165) is 47.9 Å². The Balaban J connectivity index is 1.81. The predicted molar refractivity (Wildman–Crippen MR) is 84.6 cm³/mol. The van der Waals surface area contributed by atoms with Gasteiger partial charge in [0.1, 0.15) is 17.3 Å². The molecule has 4 rings (SSSR count). The first-order chi connectivity index (χ1) is 10.2. The number of benzene rings is 1. The maximum atomic E-state index is 4.71. The van der Waals surface area contributed by atoms with Crippen molar-refractivity contribution in [3.8, 4) is 0 Å². The van der Waals surface area contributed by atoms with Gasteiger partial charge in [0.2, 0.25) is 0 Å². The second-order valence-corrected chi connectivity index (χ2v) is 5.75. The van der Waals surface area contributed by atoms with E-state index < -0.39 is 0 Å². The van der Waals surface area contributed by atoms with Crippen LogP contribution in [0.2, 0.25) is 0 Å².